The molecule has 21 heavy (non-hydrogen) atoms. The molecule has 0 radical (unpaired) electrons. The van der Waals surface area contributed by atoms with Crippen molar-refractivity contribution >= 4 is 23.3 Å². The van der Waals surface area contributed by atoms with Crippen LogP contribution in [-0.2, 0) is 9.53 Å². The third kappa shape index (κ3) is 4.05. The summed E-state index contributed by atoms with van der Waals surface area (Å²) in [6, 6.07) is 6.93. The van der Waals surface area contributed by atoms with Crippen molar-refractivity contribution in [3.63, 3.8) is 0 Å². The number of rotatable bonds is 4. The van der Waals surface area contributed by atoms with Gasteiger partial charge in [-0.05, 0) is 26.0 Å². The lowest BCUT2D eigenvalue weighted by Crippen LogP contribution is -2.52. The summed E-state index contributed by atoms with van der Waals surface area (Å²) in [5.74, 6) is -0.0481. The van der Waals surface area contributed by atoms with Crippen LogP contribution in [0.3, 0.4) is 0 Å². The SMILES string of the molecule is CC1COCC(C)N1C(=O)CCC(=O)c1cccc(Cl)c1. The zero-order chi connectivity index (χ0) is 15.4. The quantitative estimate of drug-likeness (QED) is 0.803. The van der Waals surface area contributed by atoms with Gasteiger partial charge >= 0.3 is 0 Å². The van der Waals surface area contributed by atoms with Crippen molar-refractivity contribution in [3.8, 4) is 0 Å². The van der Waals surface area contributed by atoms with E-state index >= 15 is 0 Å². The molecule has 0 bridgehead atoms. The Morgan fingerprint density at radius 2 is 1.90 bits per heavy atom. The molecule has 4 nitrogen and oxygen atoms in total. The number of carbonyl (C=O) groups is 2. The van der Waals surface area contributed by atoms with E-state index in [2.05, 4.69) is 0 Å². The van der Waals surface area contributed by atoms with Gasteiger partial charge in [0.15, 0.2) is 5.78 Å². The summed E-state index contributed by atoms with van der Waals surface area (Å²) in [5, 5.41) is 0.530. The van der Waals surface area contributed by atoms with Crippen LogP contribution >= 0.6 is 11.6 Å². The van der Waals surface area contributed by atoms with Crippen LogP contribution in [0.1, 0.15) is 37.0 Å². The lowest BCUT2D eigenvalue weighted by Gasteiger charge is -2.38. The second-order valence-electron chi connectivity index (χ2n) is 5.47. The Morgan fingerprint density at radius 3 is 2.52 bits per heavy atom. The van der Waals surface area contributed by atoms with Crippen LogP contribution in [0.2, 0.25) is 5.02 Å². The summed E-state index contributed by atoms with van der Waals surface area (Å²) in [7, 11) is 0. The number of benzene rings is 1. The van der Waals surface area contributed by atoms with Crippen LogP contribution in [0, 0.1) is 0 Å². The fraction of sp³-hybridized carbons (Fsp3) is 0.500. The third-order valence-corrected chi connectivity index (χ3v) is 3.90. The monoisotopic (exact) mass is 309 g/mol. The minimum Gasteiger partial charge on any atom is -0.377 e. The first-order chi connectivity index (χ1) is 9.99. The van der Waals surface area contributed by atoms with E-state index in [-0.39, 0.29) is 36.6 Å². The second-order valence-corrected chi connectivity index (χ2v) is 5.91. The lowest BCUT2D eigenvalue weighted by molar-refractivity contribution is -0.144. The molecule has 2 atom stereocenters. The fourth-order valence-corrected chi connectivity index (χ4v) is 2.84. The molecule has 1 aromatic rings. The number of nitrogens with zero attached hydrogens (tertiary/aromatic N) is 1. The highest BCUT2D eigenvalue weighted by atomic mass is 35.5. The number of ketones is 1. The minimum atomic E-state index is -0.0561. The number of ether oxygens (including phenoxy) is 1. The Morgan fingerprint density at radius 1 is 1.24 bits per heavy atom. The largest absolute Gasteiger partial charge is 0.377 e. The van der Waals surface area contributed by atoms with Gasteiger partial charge in [0.05, 0.1) is 25.3 Å². The first-order valence-corrected chi connectivity index (χ1v) is 7.54. The van der Waals surface area contributed by atoms with Gasteiger partial charge in [-0.15, -0.1) is 0 Å². The van der Waals surface area contributed by atoms with Gasteiger partial charge < -0.3 is 9.64 Å². The highest BCUT2D eigenvalue weighted by Crippen LogP contribution is 2.17. The average Bonchev–Trinajstić information content (AvgIpc) is 2.44. The summed E-state index contributed by atoms with van der Waals surface area (Å²) in [6.45, 7) is 5.04. The highest BCUT2D eigenvalue weighted by molar-refractivity contribution is 6.31. The van der Waals surface area contributed by atoms with Gasteiger partial charge in [0.2, 0.25) is 5.91 Å². The van der Waals surface area contributed by atoms with Crippen molar-refractivity contribution in [3.05, 3.63) is 34.9 Å². The van der Waals surface area contributed by atoms with Crippen molar-refractivity contribution in [2.45, 2.75) is 38.8 Å². The number of Topliss-reactive ketones (excluding diaryl/α,β-unsaturated/α-hetero) is 1. The molecule has 114 valence electrons. The van der Waals surface area contributed by atoms with Crippen molar-refractivity contribution < 1.29 is 14.3 Å². The molecule has 2 unspecified atom stereocenters. The maximum absolute atomic E-state index is 12.3. The Hall–Kier alpha value is -1.39. The summed E-state index contributed by atoms with van der Waals surface area (Å²) in [5.41, 5.74) is 0.554. The number of morpholine rings is 1. The standard InChI is InChI=1S/C16H20ClNO3/c1-11-9-21-10-12(2)18(11)16(20)7-6-15(19)13-4-3-5-14(17)8-13/h3-5,8,11-12H,6-7,9-10H2,1-2H3. The van der Waals surface area contributed by atoms with Gasteiger partial charge in [-0.3, -0.25) is 9.59 Å². The molecule has 1 aromatic carbocycles. The van der Waals surface area contributed by atoms with Crippen LogP contribution in [0.15, 0.2) is 24.3 Å². The molecule has 0 saturated carbocycles. The molecule has 0 spiro atoms. The molecule has 5 heteroatoms. The van der Waals surface area contributed by atoms with E-state index in [4.69, 9.17) is 16.3 Å². The average molecular weight is 310 g/mol. The van der Waals surface area contributed by atoms with E-state index in [1.54, 1.807) is 24.3 Å². The van der Waals surface area contributed by atoms with Crippen molar-refractivity contribution in [1.29, 1.82) is 0 Å². The maximum atomic E-state index is 12.3. The second kappa shape index (κ2) is 7.05. The minimum absolute atomic E-state index is 0.00804. The van der Waals surface area contributed by atoms with Crippen molar-refractivity contribution in [2.24, 2.45) is 0 Å². The van der Waals surface area contributed by atoms with Crippen LogP contribution in [-0.4, -0.2) is 41.9 Å². The van der Waals surface area contributed by atoms with Gasteiger partial charge in [0, 0.05) is 23.4 Å². The van der Waals surface area contributed by atoms with E-state index in [1.165, 1.54) is 0 Å². The predicted molar refractivity (Wildman–Crippen MR) is 81.6 cm³/mol. The number of hydrogen-bond donors (Lipinski definition) is 0. The molecule has 2 rings (SSSR count). The molecule has 1 saturated heterocycles. The molecule has 1 fully saturated rings. The first kappa shape index (κ1) is 16.0. The maximum Gasteiger partial charge on any atom is 0.223 e. The Bertz CT molecular complexity index is 522. The third-order valence-electron chi connectivity index (χ3n) is 3.67. The Labute approximate surface area is 130 Å². The van der Waals surface area contributed by atoms with Gasteiger partial charge in [-0.1, -0.05) is 23.7 Å². The molecule has 1 amide bonds. The van der Waals surface area contributed by atoms with E-state index in [0.717, 1.165) is 0 Å². The number of amides is 1. The summed E-state index contributed by atoms with van der Waals surface area (Å²) < 4.78 is 5.41. The van der Waals surface area contributed by atoms with Gasteiger partial charge in [0.1, 0.15) is 0 Å². The molecule has 0 aromatic heterocycles. The van der Waals surface area contributed by atoms with Crippen LogP contribution in [0.4, 0.5) is 0 Å². The molecule has 0 aliphatic carbocycles. The van der Waals surface area contributed by atoms with Gasteiger partial charge in [-0.25, -0.2) is 0 Å². The summed E-state index contributed by atoms with van der Waals surface area (Å²) in [6.07, 6.45) is 0.427. The Kier molecular flexibility index (Phi) is 5.37. The first-order valence-electron chi connectivity index (χ1n) is 7.16. The molecule has 1 aliphatic rings. The zero-order valence-corrected chi connectivity index (χ0v) is 13.1. The molecule has 1 aliphatic heterocycles. The lowest BCUT2D eigenvalue weighted by atomic mass is 10.0. The van der Waals surface area contributed by atoms with Crippen LogP contribution in [0.5, 0.6) is 0 Å². The summed E-state index contributed by atoms with van der Waals surface area (Å²) >= 11 is 5.87. The van der Waals surface area contributed by atoms with Crippen LogP contribution < -0.4 is 0 Å². The van der Waals surface area contributed by atoms with E-state index < -0.39 is 0 Å². The fourth-order valence-electron chi connectivity index (χ4n) is 2.65. The molecule has 1 heterocycles. The highest BCUT2D eigenvalue weighted by Gasteiger charge is 2.29. The normalized spacial score (nSPS) is 22.1. The van der Waals surface area contributed by atoms with E-state index in [1.807, 2.05) is 18.7 Å². The van der Waals surface area contributed by atoms with E-state index in [9.17, 15) is 9.59 Å². The van der Waals surface area contributed by atoms with Gasteiger partial charge in [-0.2, -0.15) is 0 Å². The van der Waals surface area contributed by atoms with Gasteiger partial charge in [0.25, 0.3) is 0 Å². The molecular weight excluding hydrogens is 290 g/mol. The number of hydrogen-bond acceptors (Lipinski definition) is 3. The topological polar surface area (TPSA) is 46.6 Å². The molecular formula is C16H20ClNO3. The molecule has 0 N–H and O–H groups in total. The number of carbonyl (C=O) groups excluding carboxylic acids is 2. The summed E-state index contributed by atoms with van der Waals surface area (Å²) in [4.78, 5) is 26.2. The van der Waals surface area contributed by atoms with E-state index in [0.29, 0.717) is 23.8 Å². The Balaban J connectivity index is 1.93. The predicted octanol–water partition coefficient (Wildman–Crippen LogP) is 2.94. The smallest absolute Gasteiger partial charge is 0.223 e. The zero-order valence-electron chi connectivity index (χ0n) is 12.3. The van der Waals surface area contributed by atoms with Crippen molar-refractivity contribution in [1.82, 2.24) is 4.90 Å². The number of halogens is 1. The van der Waals surface area contributed by atoms with Crippen LogP contribution in [0.25, 0.3) is 0 Å². The van der Waals surface area contributed by atoms with Crippen molar-refractivity contribution in [2.75, 3.05) is 13.2 Å².